The number of carbonyl (C=O) groups is 1. The molecule has 0 bridgehead atoms. The van der Waals surface area contributed by atoms with E-state index in [4.69, 9.17) is 51.8 Å². The van der Waals surface area contributed by atoms with Gasteiger partial charge in [0.1, 0.15) is 11.4 Å². The Hall–Kier alpha value is -1.75. The lowest BCUT2D eigenvalue weighted by atomic mass is 10.2. The first-order valence-electron chi connectivity index (χ1n) is 8.05. The molecule has 3 N–H and O–H groups in total. The number of hydrogen-bond donors (Lipinski definition) is 3. The highest BCUT2D eigenvalue weighted by Crippen LogP contribution is 2.31. The summed E-state index contributed by atoms with van der Waals surface area (Å²) in [5, 5.41) is 19.0. The van der Waals surface area contributed by atoms with Crippen molar-refractivity contribution in [3.63, 3.8) is 0 Å². The Kier molecular flexibility index (Phi) is 9.28. The van der Waals surface area contributed by atoms with Crippen molar-refractivity contribution in [2.24, 2.45) is 0 Å². The number of nitrogens with one attached hydrogen (secondary N) is 3. The lowest BCUT2D eigenvalue weighted by molar-refractivity contribution is -0.384. The highest BCUT2D eigenvalue weighted by Gasteiger charge is 2.35. The maximum Gasteiger partial charge on any atom is 0.319 e. The molecule has 0 radical (unpaired) electrons. The van der Waals surface area contributed by atoms with E-state index in [-0.39, 0.29) is 16.5 Å². The maximum atomic E-state index is 12.2. The van der Waals surface area contributed by atoms with Gasteiger partial charge in [-0.25, -0.2) is 4.79 Å². The third kappa shape index (κ3) is 7.01. The second-order valence-corrected chi connectivity index (χ2v) is 8.11. The summed E-state index contributed by atoms with van der Waals surface area (Å²) < 4.78 is 3.03. The van der Waals surface area contributed by atoms with E-state index in [1.54, 1.807) is 13.8 Å². The van der Waals surface area contributed by atoms with Gasteiger partial charge in [-0.15, -0.1) is 0 Å². The molecule has 13 heteroatoms. The quantitative estimate of drug-likeness (QED) is 0.183. The minimum atomic E-state index is -1.94. The van der Waals surface area contributed by atoms with E-state index in [9.17, 15) is 14.9 Å². The first-order valence-corrected chi connectivity index (χ1v) is 9.59. The summed E-state index contributed by atoms with van der Waals surface area (Å²) in [6, 6.07) is 3.71. The number of rotatable bonds is 7. The van der Waals surface area contributed by atoms with Crippen LogP contribution in [-0.4, -0.2) is 51.1 Å². The van der Waals surface area contributed by atoms with Crippen LogP contribution in [-0.2, 0) is 0 Å². The van der Waals surface area contributed by atoms with E-state index >= 15 is 0 Å². The number of methoxy groups -OCH3 is 1. The molecule has 156 valence electrons. The van der Waals surface area contributed by atoms with E-state index in [2.05, 4.69) is 16.0 Å². The van der Waals surface area contributed by atoms with Crippen LogP contribution in [0.3, 0.4) is 0 Å². The molecule has 0 saturated carbocycles. The highest BCUT2D eigenvalue weighted by molar-refractivity contribution is 7.80. The van der Waals surface area contributed by atoms with Gasteiger partial charge in [-0.05, 0) is 38.2 Å². The molecule has 28 heavy (non-hydrogen) atoms. The molecule has 1 rings (SSSR count). The third-order valence-corrected chi connectivity index (χ3v) is 4.45. The molecular weight excluding hydrogens is 453 g/mol. The van der Waals surface area contributed by atoms with Crippen molar-refractivity contribution < 1.29 is 14.5 Å². The molecule has 0 fully saturated rings. The number of alkyl halides is 3. The number of halogens is 3. The molecular formula is C15H20Cl3N5O4S. The van der Waals surface area contributed by atoms with Crippen LogP contribution in [0.25, 0.3) is 0 Å². The van der Waals surface area contributed by atoms with Gasteiger partial charge >= 0.3 is 6.03 Å². The Balaban J connectivity index is 2.95. The van der Waals surface area contributed by atoms with Crippen LogP contribution >= 0.6 is 47.0 Å². The monoisotopic (exact) mass is 471 g/mol. The van der Waals surface area contributed by atoms with E-state index in [1.165, 1.54) is 30.2 Å². The summed E-state index contributed by atoms with van der Waals surface area (Å²) in [5.74, 6) is 0.307. The fraction of sp³-hybridized carbons (Fsp3) is 0.467. The largest absolute Gasteiger partial charge is 0.496 e. The van der Waals surface area contributed by atoms with Gasteiger partial charge in [0.2, 0.25) is 3.79 Å². The molecule has 1 aromatic rings. The van der Waals surface area contributed by atoms with Crippen LogP contribution in [0.4, 0.5) is 16.2 Å². The van der Waals surface area contributed by atoms with Crippen LogP contribution in [0, 0.1) is 10.1 Å². The first kappa shape index (κ1) is 24.3. The summed E-state index contributed by atoms with van der Waals surface area (Å²) in [7, 11) is 1.39. The van der Waals surface area contributed by atoms with E-state index in [1.807, 2.05) is 0 Å². The summed E-state index contributed by atoms with van der Waals surface area (Å²) in [6.07, 6.45) is -1.19. The molecule has 2 amide bonds. The minimum absolute atomic E-state index is 0.0931. The van der Waals surface area contributed by atoms with E-state index in [0.29, 0.717) is 18.8 Å². The van der Waals surface area contributed by atoms with Crippen LogP contribution in [0.1, 0.15) is 13.8 Å². The number of hydrogen-bond acceptors (Lipinski definition) is 5. The van der Waals surface area contributed by atoms with Gasteiger partial charge in [-0.3, -0.25) is 10.1 Å². The Morgan fingerprint density at radius 2 is 1.93 bits per heavy atom. The standard InChI is InChI=1S/C15H20Cl3N5O4S/c1-4-22(5-2)14(24)21-12(15(16,17)18)20-13(28)19-10-7-6-9(27-3)8-11(10)23(25)26/h6-8,12H,4-5H2,1-3H3,(H,21,24)(H2,19,20,28)/t12-/m1/s1. The van der Waals surface area contributed by atoms with Crippen molar-refractivity contribution >= 4 is 69.5 Å². The molecule has 0 unspecified atom stereocenters. The summed E-state index contributed by atoms with van der Waals surface area (Å²) in [5.41, 5.74) is -0.164. The number of ether oxygens (including phenoxy) is 1. The van der Waals surface area contributed by atoms with Crippen molar-refractivity contribution in [1.29, 1.82) is 0 Å². The van der Waals surface area contributed by atoms with Crippen molar-refractivity contribution in [1.82, 2.24) is 15.5 Å². The molecule has 0 saturated heterocycles. The fourth-order valence-corrected chi connectivity index (χ4v) is 2.67. The summed E-state index contributed by atoms with van der Waals surface area (Å²) >= 11 is 22.9. The first-order chi connectivity index (χ1) is 13.0. The predicted octanol–water partition coefficient (Wildman–Crippen LogP) is 3.64. The average molecular weight is 473 g/mol. The van der Waals surface area contributed by atoms with Crippen molar-refractivity contribution in [2.45, 2.75) is 23.8 Å². The zero-order valence-electron chi connectivity index (χ0n) is 15.3. The normalized spacial score (nSPS) is 11.9. The molecule has 0 aliphatic carbocycles. The van der Waals surface area contributed by atoms with Crippen LogP contribution in [0.15, 0.2) is 18.2 Å². The van der Waals surface area contributed by atoms with Crippen LogP contribution in [0.2, 0.25) is 0 Å². The molecule has 0 aliphatic heterocycles. The Morgan fingerprint density at radius 3 is 2.39 bits per heavy atom. The summed E-state index contributed by atoms with van der Waals surface area (Å²) in [4.78, 5) is 24.4. The zero-order valence-corrected chi connectivity index (χ0v) is 18.4. The van der Waals surface area contributed by atoms with Gasteiger partial charge in [0.15, 0.2) is 11.3 Å². The molecule has 0 aromatic heterocycles. The van der Waals surface area contributed by atoms with Gasteiger partial charge < -0.3 is 25.6 Å². The number of nitrogens with zero attached hydrogens (tertiary/aromatic N) is 2. The second kappa shape index (κ2) is 10.7. The third-order valence-electron chi connectivity index (χ3n) is 3.57. The Labute approximate surface area is 182 Å². The predicted molar refractivity (Wildman–Crippen MR) is 115 cm³/mol. The number of benzene rings is 1. The molecule has 0 spiro atoms. The topological polar surface area (TPSA) is 109 Å². The van der Waals surface area contributed by atoms with Crippen LogP contribution < -0.4 is 20.7 Å². The average Bonchev–Trinajstić information content (AvgIpc) is 2.61. The number of nitro groups is 1. The lowest BCUT2D eigenvalue weighted by Gasteiger charge is -2.30. The van der Waals surface area contributed by atoms with Gasteiger partial charge in [0, 0.05) is 13.1 Å². The van der Waals surface area contributed by atoms with Crippen molar-refractivity contribution in [3.05, 3.63) is 28.3 Å². The molecule has 1 aromatic carbocycles. The highest BCUT2D eigenvalue weighted by atomic mass is 35.6. The minimum Gasteiger partial charge on any atom is -0.496 e. The number of nitro benzene ring substituents is 1. The zero-order chi connectivity index (χ0) is 21.5. The van der Waals surface area contributed by atoms with Gasteiger partial charge in [0.25, 0.3) is 5.69 Å². The fourth-order valence-electron chi connectivity index (χ4n) is 2.11. The van der Waals surface area contributed by atoms with Crippen molar-refractivity contribution in [2.75, 3.05) is 25.5 Å². The number of amides is 2. The van der Waals surface area contributed by atoms with E-state index < -0.39 is 20.9 Å². The van der Waals surface area contributed by atoms with Crippen molar-refractivity contribution in [3.8, 4) is 5.75 Å². The number of thiocarbonyl (C=S) groups is 1. The lowest BCUT2D eigenvalue weighted by Crippen LogP contribution is -2.58. The Bertz CT molecular complexity index is 728. The molecule has 0 heterocycles. The van der Waals surface area contributed by atoms with Gasteiger partial charge in [-0.1, -0.05) is 34.8 Å². The maximum absolute atomic E-state index is 12.2. The smallest absolute Gasteiger partial charge is 0.319 e. The SMILES string of the molecule is CCN(CC)C(=O)N[C@@H](NC(=S)Nc1ccc(OC)cc1[N+](=O)[O-])C(Cl)(Cl)Cl. The van der Waals surface area contributed by atoms with Gasteiger partial charge in [0.05, 0.1) is 18.1 Å². The molecule has 1 atom stereocenters. The number of anilines is 1. The summed E-state index contributed by atoms with van der Waals surface area (Å²) in [6.45, 7) is 4.51. The van der Waals surface area contributed by atoms with E-state index in [0.717, 1.165) is 0 Å². The van der Waals surface area contributed by atoms with Gasteiger partial charge in [-0.2, -0.15) is 0 Å². The Morgan fingerprint density at radius 1 is 1.32 bits per heavy atom. The second-order valence-electron chi connectivity index (χ2n) is 5.34. The number of urea groups is 1. The number of carbonyl (C=O) groups excluding carboxylic acids is 1. The van der Waals surface area contributed by atoms with Crippen LogP contribution in [0.5, 0.6) is 5.75 Å². The molecule has 9 nitrogen and oxygen atoms in total. The molecule has 0 aliphatic rings.